The van der Waals surface area contributed by atoms with Gasteiger partial charge in [0, 0.05) is 28.7 Å². The van der Waals surface area contributed by atoms with Crippen LogP contribution in [-0.2, 0) is 5.75 Å². The summed E-state index contributed by atoms with van der Waals surface area (Å²) in [5.41, 5.74) is 3.01. The first-order chi connectivity index (χ1) is 15.8. The zero-order valence-corrected chi connectivity index (χ0v) is 24.9. The van der Waals surface area contributed by atoms with E-state index >= 15 is 0 Å². The number of thioether (sulfide) groups is 1. The first-order valence-corrected chi connectivity index (χ1v) is 14.6. The first-order valence-electron chi connectivity index (χ1n) is 9.29. The maximum absolute atomic E-state index is 13.3. The molecule has 1 aliphatic rings. The standard InChI is InChI=1S/C22H9Br4ClN2O2S2/c23-16-14-15(17(24)19(26)18(16)25)21(31)29(20(14)30)10-5-6-12-13(7-10)33-22(28-12)32-8-9-3-1-2-4-11(9)27/h1-7H,8H2. The molecule has 0 aliphatic carbocycles. The quantitative estimate of drug-likeness (QED) is 0.0904. The summed E-state index contributed by atoms with van der Waals surface area (Å²) in [6, 6.07) is 13.2. The number of imide groups is 1. The minimum atomic E-state index is -0.382. The molecule has 166 valence electrons. The van der Waals surface area contributed by atoms with Gasteiger partial charge in [0.2, 0.25) is 0 Å². The summed E-state index contributed by atoms with van der Waals surface area (Å²) in [7, 11) is 0. The highest BCUT2D eigenvalue weighted by molar-refractivity contribution is 9.15. The average Bonchev–Trinajstić information content (AvgIpc) is 3.32. The molecular weight excluding hydrogens is 743 g/mol. The Labute approximate surface area is 235 Å². The maximum Gasteiger partial charge on any atom is 0.267 e. The smallest absolute Gasteiger partial charge is 0.267 e. The van der Waals surface area contributed by atoms with Crippen LogP contribution in [0.15, 0.2) is 64.7 Å². The lowest BCUT2D eigenvalue weighted by atomic mass is 10.1. The summed E-state index contributed by atoms with van der Waals surface area (Å²) in [6.07, 6.45) is 0. The van der Waals surface area contributed by atoms with Crippen molar-refractivity contribution >= 4 is 126 Å². The van der Waals surface area contributed by atoms with E-state index in [1.807, 2.05) is 36.4 Å². The number of aromatic nitrogens is 1. The van der Waals surface area contributed by atoms with E-state index in [-0.39, 0.29) is 11.8 Å². The van der Waals surface area contributed by atoms with Crippen molar-refractivity contribution in [2.75, 3.05) is 4.90 Å². The molecule has 0 unspecified atom stereocenters. The van der Waals surface area contributed by atoms with Gasteiger partial charge in [0.1, 0.15) is 0 Å². The van der Waals surface area contributed by atoms with Gasteiger partial charge < -0.3 is 0 Å². The van der Waals surface area contributed by atoms with Crippen molar-refractivity contribution in [2.45, 2.75) is 10.1 Å². The van der Waals surface area contributed by atoms with E-state index in [0.29, 0.717) is 40.5 Å². The molecule has 0 N–H and O–H groups in total. The van der Waals surface area contributed by atoms with Gasteiger partial charge in [-0.05, 0) is 93.5 Å². The Bertz CT molecular complexity index is 1440. The Morgan fingerprint density at radius 3 is 2.18 bits per heavy atom. The van der Waals surface area contributed by atoms with Crippen LogP contribution in [0.2, 0.25) is 5.02 Å². The number of hydrogen-bond acceptors (Lipinski definition) is 5. The van der Waals surface area contributed by atoms with Crippen molar-refractivity contribution in [1.82, 2.24) is 4.98 Å². The molecule has 11 heteroatoms. The van der Waals surface area contributed by atoms with Gasteiger partial charge in [-0.25, -0.2) is 9.88 Å². The summed E-state index contributed by atoms with van der Waals surface area (Å²) in [5.74, 6) is -0.0581. The molecule has 1 aliphatic heterocycles. The number of nitrogens with zero attached hydrogens (tertiary/aromatic N) is 2. The van der Waals surface area contributed by atoms with Crippen LogP contribution >= 0.6 is 98.4 Å². The van der Waals surface area contributed by atoms with E-state index < -0.39 is 0 Å². The second-order valence-electron chi connectivity index (χ2n) is 6.96. The van der Waals surface area contributed by atoms with Crippen molar-refractivity contribution in [2.24, 2.45) is 0 Å². The molecule has 2 amide bonds. The predicted octanol–water partition coefficient (Wildman–Crippen LogP) is 9.09. The van der Waals surface area contributed by atoms with Crippen molar-refractivity contribution in [3.63, 3.8) is 0 Å². The number of halogens is 5. The van der Waals surface area contributed by atoms with Crippen molar-refractivity contribution in [3.05, 3.63) is 82.1 Å². The molecule has 0 radical (unpaired) electrons. The fraction of sp³-hybridized carbons (Fsp3) is 0.0455. The van der Waals surface area contributed by atoms with Crippen LogP contribution in [-0.4, -0.2) is 16.8 Å². The highest BCUT2D eigenvalue weighted by Crippen LogP contribution is 2.46. The van der Waals surface area contributed by atoms with Crippen LogP contribution in [0.5, 0.6) is 0 Å². The van der Waals surface area contributed by atoms with Crippen LogP contribution in [0.25, 0.3) is 10.2 Å². The normalized spacial score (nSPS) is 13.3. The van der Waals surface area contributed by atoms with Crippen LogP contribution < -0.4 is 4.90 Å². The average molecular weight is 753 g/mol. The summed E-state index contributed by atoms with van der Waals surface area (Å²) in [5, 5.41) is 0.731. The fourth-order valence-electron chi connectivity index (χ4n) is 3.43. The highest BCUT2D eigenvalue weighted by atomic mass is 79.9. The topological polar surface area (TPSA) is 50.3 Å². The van der Waals surface area contributed by atoms with Crippen LogP contribution in [0.3, 0.4) is 0 Å². The number of carbonyl (C=O) groups excluding carboxylic acids is 2. The fourth-order valence-corrected chi connectivity index (χ4v) is 8.28. The van der Waals surface area contributed by atoms with E-state index in [1.54, 1.807) is 17.8 Å². The van der Waals surface area contributed by atoms with Crippen molar-refractivity contribution in [3.8, 4) is 0 Å². The maximum atomic E-state index is 13.3. The number of amides is 2. The Balaban J connectivity index is 1.47. The van der Waals surface area contributed by atoms with E-state index in [1.165, 1.54) is 16.2 Å². The second kappa shape index (κ2) is 9.37. The van der Waals surface area contributed by atoms with E-state index in [9.17, 15) is 9.59 Å². The van der Waals surface area contributed by atoms with Gasteiger partial charge in [-0.3, -0.25) is 9.59 Å². The minimum absolute atomic E-state index is 0.322. The molecule has 4 aromatic rings. The zero-order valence-electron chi connectivity index (χ0n) is 16.2. The number of anilines is 1. The third kappa shape index (κ3) is 4.15. The zero-order chi connectivity index (χ0) is 23.4. The Morgan fingerprint density at radius 2 is 1.55 bits per heavy atom. The van der Waals surface area contributed by atoms with Gasteiger partial charge in [-0.15, -0.1) is 11.3 Å². The molecular formula is C22H9Br4ClN2O2S2. The molecule has 0 saturated carbocycles. The number of rotatable bonds is 4. The Hall–Kier alpha value is -0.750. The number of hydrogen-bond donors (Lipinski definition) is 0. The molecule has 5 rings (SSSR count). The molecule has 0 atom stereocenters. The van der Waals surface area contributed by atoms with Crippen LogP contribution in [0.4, 0.5) is 5.69 Å². The van der Waals surface area contributed by atoms with Gasteiger partial charge >= 0.3 is 0 Å². The highest BCUT2D eigenvalue weighted by Gasteiger charge is 2.42. The summed E-state index contributed by atoms with van der Waals surface area (Å²) >= 11 is 23.2. The molecule has 4 nitrogen and oxygen atoms in total. The van der Waals surface area contributed by atoms with E-state index in [4.69, 9.17) is 11.6 Å². The van der Waals surface area contributed by atoms with Gasteiger partial charge in [-0.1, -0.05) is 41.6 Å². The molecule has 33 heavy (non-hydrogen) atoms. The number of fused-ring (bicyclic) bond motifs is 2. The molecule has 0 bridgehead atoms. The summed E-state index contributed by atoms with van der Waals surface area (Å²) in [4.78, 5) is 32.4. The molecule has 0 spiro atoms. The molecule has 2 heterocycles. The van der Waals surface area contributed by atoms with Crippen LogP contribution in [0, 0.1) is 0 Å². The molecule has 0 saturated heterocycles. The number of carbonyl (C=O) groups is 2. The Kier molecular flexibility index (Phi) is 6.80. The molecule has 3 aromatic carbocycles. The van der Waals surface area contributed by atoms with E-state index in [0.717, 1.165) is 25.1 Å². The van der Waals surface area contributed by atoms with Crippen molar-refractivity contribution < 1.29 is 9.59 Å². The van der Waals surface area contributed by atoms with Gasteiger partial charge in [0.25, 0.3) is 11.8 Å². The van der Waals surface area contributed by atoms with Crippen LogP contribution in [0.1, 0.15) is 26.3 Å². The third-order valence-corrected chi connectivity index (χ3v) is 12.4. The second-order valence-corrected chi connectivity index (χ2v) is 12.8. The Morgan fingerprint density at radius 1 is 0.909 bits per heavy atom. The number of benzene rings is 3. The summed E-state index contributed by atoms with van der Waals surface area (Å²) < 4.78 is 4.17. The van der Waals surface area contributed by atoms with Gasteiger partial charge in [-0.2, -0.15) is 0 Å². The number of thiazole rings is 1. The predicted molar refractivity (Wildman–Crippen MR) is 149 cm³/mol. The van der Waals surface area contributed by atoms with Crippen molar-refractivity contribution in [1.29, 1.82) is 0 Å². The van der Waals surface area contributed by atoms with Gasteiger partial charge in [0.05, 0.1) is 27.0 Å². The lowest BCUT2D eigenvalue weighted by Crippen LogP contribution is -2.29. The third-order valence-electron chi connectivity index (χ3n) is 5.02. The SMILES string of the molecule is O=C1c2c(Br)c(Br)c(Br)c(Br)c2C(=O)N1c1ccc2nc(SCc3ccccc3Cl)sc2c1. The summed E-state index contributed by atoms with van der Waals surface area (Å²) in [6.45, 7) is 0. The van der Waals surface area contributed by atoms with Gasteiger partial charge in [0.15, 0.2) is 4.34 Å². The monoisotopic (exact) mass is 748 g/mol. The van der Waals surface area contributed by atoms with E-state index in [2.05, 4.69) is 68.7 Å². The largest absolute Gasteiger partial charge is 0.268 e. The first kappa shape index (κ1) is 24.0. The molecule has 0 fully saturated rings. The lowest BCUT2D eigenvalue weighted by molar-refractivity contribution is 0.0926. The minimum Gasteiger partial charge on any atom is -0.268 e. The molecule has 1 aromatic heterocycles. The lowest BCUT2D eigenvalue weighted by Gasteiger charge is -2.13.